The van der Waals surface area contributed by atoms with E-state index in [4.69, 9.17) is 4.74 Å². The van der Waals surface area contributed by atoms with Crippen LogP contribution in [0.25, 0.3) is 0 Å². The Kier molecular flexibility index (Phi) is 3.22. The molecular weight excluding hydrogens is 200 g/mol. The van der Waals surface area contributed by atoms with E-state index in [9.17, 15) is 14.9 Å². The number of nitro groups is 1. The Morgan fingerprint density at radius 2 is 2.20 bits per heavy atom. The minimum absolute atomic E-state index is 0.171. The van der Waals surface area contributed by atoms with Crippen LogP contribution in [0.4, 0.5) is 0 Å². The summed E-state index contributed by atoms with van der Waals surface area (Å²) in [5, 5.41) is 10.0. The third kappa shape index (κ3) is 3.26. The zero-order valence-electron chi connectivity index (χ0n) is 8.34. The predicted octanol–water partition coefficient (Wildman–Crippen LogP) is 0.663. The third-order valence-corrected chi connectivity index (χ3v) is 1.50. The summed E-state index contributed by atoms with van der Waals surface area (Å²) in [6, 6.07) is 0. The molecule has 0 aromatic heterocycles. The fraction of sp³-hybridized carbons (Fsp3) is 0.222. The van der Waals surface area contributed by atoms with E-state index in [1.165, 1.54) is 6.08 Å². The summed E-state index contributed by atoms with van der Waals surface area (Å²) in [6.07, 6.45) is 4.88. The average molecular weight is 210 g/mol. The lowest BCUT2D eigenvalue weighted by atomic mass is 10.3. The Bertz CT molecular complexity index is 380. The maximum Gasteiger partial charge on any atom is 0.345 e. The van der Waals surface area contributed by atoms with E-state index < -0.39 is 10.9 Å². The largest absolute Gasteiger partial charge is 0.423 e. The Balaban J connectivity index is 2.80. The number of ether oxygens (including phenoxy) is 1. The van der Waals surface area contributed by atoms with Gasteiger partial charge >= 0.3 is 5.97 Å². The van der Waals surface area contributed by atoms with Crippen LogP contribution >= 0.6 is 0 Å². The van der Waals surface area contributed by atoms with Crippen LogP contribution in [0.1, 0.15) is 0 Å². The van der Waals surface area contributed by atoms with Crippen molar-refractivity contribution in [2.75, 3.05) is 14.1 Å². The molecule has 0 aromatic carbocycles. The molecule has 0 bridgehead atoms. The maximum atomic E-state index is 11.2. The summed E-state index contributed by atoms with van der Waals surface area (Å²) in [7, 11) is 3.53. The van der Waals surface area contributed by atoms with E-state index in [0.717, 1.165) is 12.3 Å². The summed E-state index contributed by atoms with van der Waals surface area (Å²) >= 11 is 0. The van der Waals surface area contributed by atoms with Gasteiger partial charge in [-0.1, -0.05) is 0 Å². The smallest absolute Gasteiger partial charge is 0.345 e. The van der Waals surface area contributed by atoms with Gasteiger partial charge in [-0.25, -0.2) is 4.79 Å². The van der Waals surface area contributed by atoms with Crippen molar-refractivity contribution in [2.24, 2.45) is 0 Å². The van der Waals surface area contributed by atoms with E-state index in [2.05, 4.69) is 0 Å². The molecule has 0 aliphatic carbocycles. The van der Waals surface area contributed by atoms with E-state index in [-0.39, 0.29) is 5.76 Å². The summed E-state index contributed by atoms with van der Waals surface area (Å²) in [5.74, 6) is -0.337. The molecule has 0 saturated heterocycles. The fourth-order valence-electron chi connectivity index (χ4n) is 0.992. The van der Waals surface area contributed by atoms with Gasteiger partial charge < -0.3 is 9.64 Å². The second-order valence-electron chi connectivity index (χ2n) is 3.09. The average Bonchev–Trinajstić information content (AvgIpc) is 2.43. The second kappa shape index (κ2) is 4.41. The van der Waals surface area contributed by atoms with Gasteiger partial charge in [0.15, 0.2) is 0 Å². The first-order chi connectivity index (χ1) is 6.99. The van der Waals surface area contributed by atoms with Gasteiger partial charge in [-0.2, -0.15) is 0 Å². The lowest BCUT2D eigenvalue weighted by Crippen LogP contribution is -2.05. The predicted molar refractivity (Wildman–Crippen MR) is 52.1 cm³/mol. The number of rotatable bonds is 3. The van der Waals surface area contributed by atoms with Gasteiger partial charge in [0.1, 0.15) is 5.76 Å². The van der Waals surface area contributed by atoms with Crippen molar-refractivity contribution in [2.45, 2.75) is 0 Å². The first-order valence-corrected chi connectivity index (χ1v) is 4.13. The highest BCUT2D eigenvalue weighted by Gasteiger charge is 2.19. The molecule has 0 amide bonds. The van der Waals surface area contributed by atoms with Crippen LogP contribution in [0.5, 0.6) is 0 Å². The molecule has 15 heavy (non-hydrogen) atoms. The molecule has 0 fully saturated rings. The van der Waals surface area contributed by atoms with E-state index in [0.29, 0.717) is 5.57 Å². The molecule has 0 atom stereocenters. The molecule has 1 rings (SSSR count). The Hall–Kier alpha value is -2.11. The van der Waals surface area contributed by atoms with Crippen LogP contribution in [-0.4, -0.2) is 29.9 Å². The second-order valence-corrected chi connectivity index (χ2v) is 3.09. The van der Waals surface area contributed by atoms with Crippen molar-refractivity contribution >= 4 is 5.97 Å². The molecular formula is C9H10N2O4. The van der Waals surface area contributed by atoms with Gasteiger partial charge in [-0.15, -0.1) is 0 Å². The van der Waals surface area contributed by atoms with Crippen LogP contribution < -0.4 is 0 Å². The van der Waals surface area contributed by atoms with E-state index in [1.54, 1.807) is 25.2 Å². The summed E-state index contributed by atoms with van der Waals surface area (Å²) < 4.78 is 4.76. The van der Waals surface area contributed by atoms with Crippen molar-refractivity contribution in [3.05, 3.63) is 46.0 Å². The Morgan fingerprint density at radius 1 is 1.53 bits per heavy atom. The number of allylic oxidation sites excluding steroid dienone is 1. The zero-order valence-corrected chi connectivity index (χ0v) is 8.34. The quantitative estimate of drug-likeness (QED) is 0.296. The van der Waals surface area contributed by atoms with Crippen molar-refractivity contribution in [1.29, 1.82) is 0 Å². The van der Waals surface area contributed by atoms with E-state index in [1.807, 2.05) is 0 Å². The summed E-state index contributed by atoms with van der Waals surface area (Å²) in [6.45, 7) is 0. The van der Waals surface area contributed by atoms with Gasteiger partial charge in [0.25, 0.3) is 0 Å². The van der Waals surface area contributed by atoms with Gasteiger partial charge in [-0.3, -0.25) is 10.1 Å². The molecule has 6 heteroatoms. The number of carbonyl (C=O) groups excluding carboxylic acids is 1. The number of hydrogen-bond acceptors (Lipinski definition) is 5. The van der Waals surface area contributed by atoms with Gasteiger partial charge in [0.05, 0.1) is 16.6 Å². The lowest BCUT2D eigenvalue weighted by molar-refractivity contribution is -0.402. The minimum Gasteiger partial charge on any atom is -0.423 e. The first-order valence-electron chi connectivity index (χ1n) is 4.13. The number of nitrogens with zero attached hydrogens (tertiary/aromatic N) is 2. The highest BCUT2D eigenvalue weighted by Crippen LogP contribution is 2.17. The molecule has 0 N–H and O–H groups in total. The van der Waals surface area contributed by atoms with Crippen molar-refractivity contribution in [3.63, 3.8) is 0 Å². The Labute approximate surface area is 86.3 Å². The molecule has 80 valence electrons. The van der Waals surface area contributed by atoms with Crippen molar-refractivity contribution in [1.82, 2.24) is 4.90 Å². The number of hydrogen-bond donors (Lipinski definition) is 0. The number of carbonyl (C=O) groups is 1. The molecule has 0 saturated carbocycles. The van der Waals surface area contributed by atoms with Gasteiger partial charge in [0, 0.05) is 20.3 Å². The number of esters is 1. The van der Waals surface area contributed by atoms with Crippen LogP contribution in [0, 0.1) is 10.1 Å². The lowest BCUT2D eigenvalue weighted by Gasteiger charge is -2.03. The molecule has 0 unspecified atom stereocenters. The van der Waals surface area contributed by atoms with Crippen LogP contribution in [0.2, 0.25) is 0 Å². The van der Waals surface area contributed by atoms with Crippen LogP contribution in [0.3, 0.4) is 0 Å². The van der Waals surface area contributed by atoms with Crippen molar-refractivity contribution in [3.8, 4) is 0 Å². The molecule has 1 aliphatic heterocycles. The molecule has 1 aliphatic rings. The van der Waals surface area contributed by atoms with Gasteiger partial charge in [-0.05, 0) is 6.08 Å². The van der Waals surface area contributed by atoms with Gasteiger partial charge in [0.2, 0.25) is 6.20 Å². The topological polar surface area (TPSA) is 72.7 Å². The number of cyclic esters (lactones) is 1. The standard InChI is InChI=1S/C9H10N2O4/c1-10(2)6-7-5-8(15-9(7)12)3-4-11(13)14/h3-6H,1-2H3/b4-3+,7-6+. The molecule has 0 radical (unpaired) electrons. The normalized spacial score (nSPS) is 18.1. The monoisotopic (exact) mass is 210 g/mol. The zero-order chi connectivity index (χ0) is 11.4. The third-order valence-electron chi connectivity index (χ3n) is 1.50. The SMILES string of the molecule is CN(C)/C=C1C=C(/C=C/[N+](=O)[O-])OC\1=O. The van der Waals surface area contributed by atoms with Crippen LogP contribution in [0.15, 0.2) is 35.9 Å². The summed E-state index contributed by atoms with van der Waals surface area (Å²) in [5.41, 5.74) is 0.364. The highest BCUT2D eigenvalue weighted by molar-refractivity contribution is 5.95. The molecule has 1 heterocycles. The molecule has 0 aromatic rings. The fourth-order valence-corrected chi connectivity index (χ4v) is 0.992. The molecule has 6 nitrogen and oxygen atoms in total. The van der Waals surface area contributed by atoms with Crippen molar-refractivity contribution < 1.29 is 14.5 Å². The highest BCUT2D eigenvalue weighted by atomic mass is 16.6. The van der Waals surface area contributed by atoms with E-state index >= 15 is 0 Å². The minimum atomic E-state index is -0.623. The summed E-state index contributed by atoms with van der Waals surface area (Å²) in [4.78, 5) is 22.3. The van der Waals surface area contributed by atoms with Crippen LogP contribution in [-0.2, 0) is 9.53 Å². The maximum absolute atomic E-state index is 11.2. The Morgan fingerprint density at radius 3 is 2.73 bits per heavy atom. The molecule has 0 spiro atoms. The first kappa shape index (κ1) is 11.0.